The van der Waals surface area contributed by atoms with Crippen LogP contribution in [-0.2, 0) is 0 Å². The van der Waals surface area contributed by atoms with Crippen molar-refractivity contribution in [2.45, 2.75) is 6.92 Å². The summed E-state index contributed by atoms with van der Waals surface area (Å²) in [6.07, 6.45) is 3.10. The van der Waals surface area contributed by atoms with Gasteiger partial charge < -0.3 is 10.6 Å². The van der Waals surface area contributed by atoms with Crippen molar-refractivity contribution in [3.8, 4) is 0 Å². The van der Waals surface area contributed by atoms with E-state index in [1.54, 1.807) is 6.20 Å². The lowest BCUT2D eigenvalue weighted by atomic mass is 10.4. The first kappa shape index (κ1) is 7.78. The van der Waals surface area contributed by atoms with Crippen molar-refractivity contribution >= 4 is 11.5 Å². The summed E-state index contributed by atoms with van der Waals surface area (Å²) >= 11 is 0. The number of nitrogen functional groups attached to an aromatic ring is 1. The molecule has 1 heterocycles. The minimum absolute atomic E-state index is 0.622. The van der Waals surface area contributed by atoms with Crippen molar-refractivity contribution in [2.24, 2.45) is 0 Å². The number of aromatic nitrogens is 2. The molecule has 0 radical (unpaired) electrons. The van der Waals surface area contributed by atoms with Gasteiger partial charge in [-0.3, -0.25) is 0 Å². The molecule has 0 atom stereocenters. The molecule has 0 amide bonds. The molecule has 0 saturated carbocycles. The Hall–Kier alpha value is -1.32. The number of hydrogen-bond donors (Lipinski definition) is 1. The van der Waals surface area contributed by atoms with Crippen LogP contribution < -0.4 is 10.6 Å². The molecule has 4 heteroatoms. The van der Waals surface area contributed by atoms with Gasteiger partial charge in [-0.25, -0.2) is 9.97 Å². The quantitative estimate of drug-likeness (QED) is 0.671. The Kier molecular flexibility index (Phi) is 2.25. The van der Waals surface area contributed by atoms with Gasteiger partial charge in [0.05, 0.1) is 11.9 Å². The minimum Gasteiger partial charge on any atom is -0.394 e. The van der Waals surface area contributed by atoms with Crippen LogP contribution in [0.3, 0.4) is 0 Å². The van der Waals surface area contributed by atoms with Crippen LogP contribution in [0.4, 0.5) is 11.5 Å². The van der Waals surface area contributed by atoms with Crippen LogP contribution in [0.1, 0.15) is 6.92 Å². The van der Waals surface area contributed by atoms with E-state index in [4.69, 9.17) is 5.73 Å². The topological polar surface area (TPSA) is 55.0 Å². The Morgan fingerprint density at radius 2 is 2.36 bits per heavy atom. The van der Waals surface area contributed by atoms with E-state index < -0.39 is 0 Å². The predicted octanol–water partition coefficient (Wildman–Crippen LogP) is 0.515. The average Bonchev–Trinajstić information content (AvgIpc) is 2.04. The highest BCUT2D eigenvalue weighted by atomic mass is 15.2. The summed E-state index contributed by atoms with van der Waals surface area (Å²) in [5.74, 6) is 0.794. The van der Waals surface area contributed by atoms with E-state index in [0.717, 1.165) is 12.4 Å². The molecule has 4 nitrogen and oxygen atoms in total. The summed E-state index contributed by atoms with van der Waals surface area (Å²) in [6, 6.07) is 0. The second kappa shape index (κ2) is 3.18. The molecule has 0 aliphatic rings. The Bertz CT molecular complexity index is 236. The van der Waals surface area contributed by atoms with E-state index in [0.29, 0.717) is 5.69 Å². The maximum Gasteiger partial charge on any atom is 0.154 e. The van der Waals surface area contributed by atoms with E-state index >= 15 is 0 Å². The molecule has 0 aliphatic carbocycles. The SMILES string of the molecule is CCN(C)c1ncncc1N. The van der Waals surface area contributed by atoms with Crippen molar-refractivity contribution < 1.29 is 0 Å². The van der Waals surface area contributed by atoms with Gasteiger partial charge in [-0.05, 0) is 6.92 Å². The van der Waals surface area contributed by atoms with Gasteiger partial charge in [-0.15, -0.1) is 0 Å². The molecule has 0 aliphatic heterocycles. The third-order valence-corrected chi connectivity index (χ3v) is 1.55. The van der Waals surface area contributed by atoms with E-state index in [1.165, 1.54) is 6.33 Å². The molecule has 0 saturated heterocycles. The van der Waals surface area contributed by atoms with Gasteiger partial charge in [0.2, 0.25) is 0 Å². The molecule has 0 unspecified atom stereocenters. The number of nitrogens with two attached hydrogens (primary N) is 1. The second-order valence-corrected chi connectivity index (χ2v) is 2.32. The van der Waals surface area contributed by atoms with Crippen LogP contribution >= 0.6 is 0 Å². The van der Waals surface area contributed by atoms with Crippen molar-refractivity contribution in [3.05, 3.63) is 12.5 Å². The van der Waals surface area contributed by atoms with Gasteiger partial charge >= 0.3 is 0 Å². The van der Waals surface area contributed by atoms with E-state index in [-0.39, 0.29) is 0 Å². The molecular formula is C7H12N4. The number of rotatable bonds is 2. The van der Waals surface area contributed by atoms with Crippen LogP contribution in [0.5, 0.6) is 0 Å². The molecule has 1 aromatic heterocycles. The number of hydrogen-bond acceptors (Lipinski definition) is 4. The highest BCUT2D eigenvalue weighted by Crippen LogP contribution is 2.15. The average molecular weight is 152 g/mol. The summed E-state index contributed by atoms with van der Waals surface area (Å²) < 4.78 is 0. The Balaban J connectivity index is 2.93. The number of anilines is 2. The lowest BCUT2D eigenvalue weighted by Crippen LogP contribution is -2.18. The van der Waals surface area contributed by atoms with Gasteiger partial charge in [0.1, 0.15) is 6.33 Å². The largest absolute Gasteiger partial charge is 0.394 e. The fraction of sp³-hybridized carbons (Fsp3) is 0.429. The first-order valence-electron chi connectivity index (χ1n) is 3.52. The van der Waals surface area contributed by atoms with Gasteiger partial charge in [0.25, 0.3) is 0 Å². The highest BCUT2D eigenvalue weighted by Gasteiger charge is 2.02. The van der Waals surface area contributed by atoms with Gasteiger partial charge in [-0.1, -0.05) is 0 Å². The monoisotopic (exact) mass is 152 g/mol. The zero-order valence-corrected chi connectivity index (χ0v) is 6.78. The second-order valence-electron chi connectivity index (χ2n) is 2.32. The first-order valence-corrected chi connectivity index (χ1v) is 3.52. The van der Waals surface area contributed by atoms with E-state index in [2.05, 4.69) is 9.97 Å². The van der Waals surface area contributed by atoms with Gasteiger partial charge in [0.15, 0.2) is 5.82 Å². The summed E-state index contributed by atoms with van der Waals surface area (Å²) in [7, 11) is 1.94. The van der Waals surface area contributed by atoms with E-state index in [1.807, 2.05) is 18.9 Å². The lowest BCUT2D eigenvalue weighted by molar-refractivity contribution is 0.931. The summed E-state index contributed by atoms with van der Waals surface area (Å²) in [5.41, 5.74) is 6.25. The molecule has 0 bridgehead atoms. The van der Waals surface area contributed by atoms with E-state index in [9.17, 15) is 0 Å². The van der Waals surface area contributed by atoms with Crippen LogP contribution in [0, 0.1) is 0 Å². The summed E-state index contributed by atoms with van der Waals surface area (Å²) in [4.78, 5) is 9.81. The highest BCUT2D eigenvalue weighted by molar-refractivity contribution is 5.60. The molecule has 11 heavy (non-hydrogen) atoms. The fourth-order valence-corrected chi connectivity index (χ4v) is 0.803. The molecular weight excluding hydrogens is 140 g/mol. The van der Waals surface area contributed by atoms with Crippen molar-refractivity contribution in [2.75, 3.05) is 24.2 Å². The Morgan fingerprint density at radius 3 is 2.91 bits per heavy atom. The van der Waals surface area contributed by atoms with Crippen molar-refractivity contribution in [1.29, 1.82) is 0 Å². The molecule has 1 aromatic rings. The molecule has 1 rings (SSSR count). The third kappa shape index (κ3) is 1.58. The Morgan fingerprint density at radius 1 is 1.64 bits per heavy atom. The first-order chi connectivity index (χ1) is 5.25. The molecule has 60 valence electrons. The van der Waals surface area contributed by atoms with Crippen LogP contribution in [0.15, 0.2) is 12.5 Å². The predicted molar refractivity (Wildman–Crippen MR) is 45.4 cm³/mol. The van der Waals surface area contributed by atoms with Gasteiger partial charge in [-0.2, -0.15) is 0 Å². The molecule has 0 spiro atoms. The van der Waals surface area contributed by atoms with Crippen molar-refractivity contribution in [3.63, 3.8) is 0 Å². The zero-order valence-electron chi connectivity index (χ0n) is 6.78. The minimum atomic E-state index is 0.622. The standard InChI is InChI=1S/C7H12N4/c1-3-11(2)7-6(8)4-9-5-10-7/h4-5H,3,8H2,1-2H3. The lowest BCUT2D eigenvalue weighted by Gasteiger charge is -2.16. The van der Waals surface area contributed by atoms with Crippen LogP contribution in [-0.4, -0.2) is 23.6 Å². The molecule has 0 aromatic carbocycles. The van der Waals surface area contributed by atoms with Gasteiger partial charge in [0, 0.05) is 13.6 Å². The maximum atomic E-state index is 5.63. The van der Waals surface area contributed by atoms with Crippen molar-refractivity contribution in [1.82, 2.24) is 9.97 Å². The number of nitrogens with zero attached hydrogens (tertiary/aromatic N) is 3. The van der Waals surface area contributed by atoms with Crippen LogP contribution in [0.2, 0.25) is 0 Å². The maximum absolute atomic E-state index is 5.63. The zero-order chi connectivity index (χ0) is 8.27. The normalized spacial score (nSPS) is 9.64. The fourth-order valence-electron chi connectivity index (χ4n) is 0.803. The molecule has 2 N–H and O–H groups in total. The third-order valence-electron chi connectivity index (χ3n) is 1.55. The summed E-state index contributed by atoms with van der Waals surface area (Å²) in [6.45, 7) is 2.93. The molecule has 0 fully saturated rings. The smallest absolute Gasteiger partial charge is 0.154 e. The summed E-state index contributed by atoms with van der Waals surface area (Å²) in [5, 5.41) is 0. The Labute approximate surface area is 66.1 Å². The van der Waals surface area contributed by atoms with Crippen LogP contribution in [0.25, 0.3) is 0 Å².